The summed E-state index contributed by atoms with van der Waals surface area (Å²) >= 11 is 6.85. The van der Waals surface area contributed by atoms with E-state index in [0.29, 0.717) is 22.3 Å². The van der Waals surface area contributed by atoms with Gasteiger partial charge in [0.05, 0.1) is 11.4 Å². The van der Waals surface area contributed by atoms with Crippen LogP contribution in [0.2, 0.25) is 5.02 Å². The summed E-state index contributed by atoms with van der Waals surface area (Å²) in [5.74, 6) is 0.408. The number of halogens is 1. The smallest absolute Gasteiger partial charge is 0.293 e. The molecule has 1 heterocycles. The number of aryl methyl sites for hydroxylation is 1. The summed E-state index contributed by atoms with van der Waals surface area (Å²) in [6.07, 6.45) is 1.73. The highest BCUT2D eigenvalue weighted by atomic mass is 35.5. The van der Waals surface area contributed by atoms with Crippen LogP contribution < -0.4 is 4.74 Å². The highest BCUT2D eigenvalue weighted by Gasteiger charge is 2.34. The Kier molecular flexibility index (Phi) is 6.44. The summed E-state index contributed by atoms with van der Waals surface area (Å²) < 4.78 is 5.89. The van der Waals surface area contributed by atoms with Crippen LogP contribution in [0.5, 0.6) is 5.75 Å². The molecule has 156 valence electrons. The topological polar surface area (TPSA) is 46.6 Å². The SMILES string of the molecule is Cc1ccc(COc2cccc(/C=C3\SC(=O)N(Cc4ccc(Cl)cc4)C3=O)c2)cc1. The Balaban J connectivity index is 1.44. The number of rotatable bonds is 6. The maximum atomic E-state index is 12.8. The summed E-state index contributed by atoms with van der Waals surface area (Å²) in [6.45, 7) is 2.73. The summed E-state index contributed by atoms with van der Waals surface area (Å²) in [4.78, 5) is 26.8. The molecule has 0 spiro atoms. The summed E-state index contributed by atoms with van der Waals surface area (Å²) in [5, 5.41) is 0.334. The fourth-order valence-electron chi connectivity index (χ4n) is 3.11. The van der Waals surface area contributed by atoms with Crippen molar-refractivity contribution in [3.63, 3.8) is 0 Å². The predicted octanol–water partition coefficient (Wildman–Crippen LogP) is 6.46. The number of nitrogens with zero attached hydrogens (tertiary/aromatic N) is 1. The minimum atomic E-state index is -0.295. The predicted molar refractivity (Wildman–Crippen MR) is 125 cm³/mol. The van der Waals surface area contributed by atoms with E-state index in [1.54, 1.807) is 18.2 Å². The van der Waals surface area contributed by atoms with Crippen molar-refractivity contribution in [3.05, 3.63) is 105 Å². The molecule has 0 N–H and O–H groups in total. The van der Waals surface area contributed by atoms with Crippen molar-refractivity contribution in [3.8, 4) is 5.75 Å². The number of carbonyl (C=O) groups excluding carboxylic acids is 2. The van der Waals surface area contributed by atoms with Gasteiger partial charge < -0.3 is 4.74 Å². The van der Waals surface area contributed by atoms with Gasteiger partial charge in [-0.2, -0.15) is 0 Å². The zero-order chi connectivity index (χ0) is 21.8. The van der Waals surface area contributed by atoms with E-state index in [1.165, 1.54) is 10.5 Å². The van der Waals surface area contributed by atoms with E-state index in [4.69, 9.17) is 16.3 Å². The third-order valence-corrected chi connectivity index (χ3v) is 5.97. The van der Waals surface area contributed by atoms with E-state index in [0.717, 1.165) is 28.5 Å². The number of hydrogen-bond acceptors (Lipinski definition) is 4. The second-order valence-electron chi connectivity index (χ2n) is 7.24. The molecule has 3 aromatic carbocycles. The van der Waals surface area contributed by atoms with Gasteiger partial charge in [-0.05, 0) is 65.7 Å². The third kappa shape index (κ3) is 5.37. The first-order valence-electron chi connectivity index (χ1n) is 9.76. The van der Waals surface area contributed by atoms with Gasteiger partial charge in [-0.25, -0.2) is 0 Å². The molecule has 0 bridgehead atoms. The standard InChI is InChI=1S/C25H20ClNO3S/c1-17-5-7-19(8-6-17)16-30-22-4-2-3-20(13-22)14-23-24(28)27(25(29)31-23)15-18-9-11-21(26)12-10-18/h2-14H,15-16H2,1H3/b23-14-. The monoisotopic (exact) mass is 449 g/mol. The Morgan fingerprint density at radius 3 is 2.42 bits per heavy atom. The Labute approximate surface area is 190 Å². The van der Waals surface area contributed by atoms with E-state index in [2.05, 4.69) is 12.1 Å². The molecule has 0 radical (unpaired) electrons. The van der Waals surface area contributed by atoms with Crippen LogP contribution in [0.15, 0.2) is 77.7 Å². The van der Waals surface area contributed by atoms with Gasteiger partial charge in [0.2, 0.25) is 0 Å². The molecule has 1 fully saturated rings. The molecule has 1 aliphatic heterocycles. The molecule has 31 heavy (non-hydrogen) atoms. The van der Waals surface area contributed by atoms with Gasteiger partial charge in [0.15, 0.2) is 0 Å². The van der Waals surface area contributed by atoms with E-state index in [1.807, 2.05) is 55.5 Å². The molecule has 0 unspecified atom stereocenters. The van der Waals surface area contributed by atoms with E-state index in [9.17, 15) is 9.59 Å². The number of thioether (sulfide) groups is 1. The molecule has 3 aromatic rings. The number of imide groups is 1. The lowest BCUT2D eigenvalue weighted by Gasteiger charge is -2.12. The van der Waals surface area contributed by atoms with Gasteiger partial charge in [-0.1, -0.05) is 65.7 Å². The largest absolute Gasteiger partial charge is 0.489 e. The van der Waals surface area contributed by atoms with Crippen molar-refractivity contribution in [1.29, 1.82) is 0 Å². The molecule has 0 saturated carbocycles. The van der Waals surface area contributed by atoms with Crippen LogP contribution >= 0.6 is 23.4 Å². The van der Waals surface area contributed by atoms with Crippen LogP contribution in [0.4, 0.5) is 4.79 Å². The summed E-state index contributed by atoms with van der Waals surface area (Å²) in [5.41, 5.74) is 3.94. The van der Waals surface area contributed by atoms with Crippen LogP contribution in [0.25, 0.3) is 6.08 Å². The molecule has 1 saturated heterocycles. The first-order valence-corrected chi connectivity index (χ1v) is 11.0. The molecule has 0 atom stereocenters. The van der Waals surface area contributed by atoms with Gasteiger partial charge in [-0.3, -0.25) is 14.5 Å². The Bertz CT molecular complexity index is 1140. The second kappa shape index (κ2) is 9.41. The number of carbonyl (C=O) groups is 2. The lowest BCUT2D eigenvalue weighted by Crippen LogP contribution is -2.27. The normalized spacial score (nSPS) is 15.0. The van der Waals surface area contributed by atoms with Gasteiger partial charge in [0.1, 0.15) is 12.4 Å². The molecule has 0 aromatic heterocycles. The average molecular weight is 450 g/mol. The fourth-order valence-corrected chi connectivity index (χ4v) is 4.07. The molecular formula is C25H20ClNO3S. The van der Waals surface area contributed by atoms with Crippen molar-refractivity contribution < 1.29 is 14.3 Å². The number of ether oxygens (including phenoxy) is 1. The second-order valence-corrected chi connectivity index (χ2v) is 8.67. The minimum absolute atomic E-state index is 0.221. The van der Waals surface area contributed by atoms with Gasteiger partial charge in [0, 0.05) is 5.02 Å². The molecule has 6 heteroatoms. The van der Waals surface area contributed by atoms with Gasteiger partial charge in [-0.15, -0.1) is 0 Å². The summed E-state index contributed by atoms with van der Waals surface area (Å²) in [7, 11) is 0. The molecule has 4 rings (SSSR count). The first kappa shape index (κ1) is 21.2. The molecule has 1 aliphatic rings. The highest BCUT2D eigenvalue weighted by molar-refractivity contribution is 8.18. The maximum Gasteiger partial charge on any atom is 0.293 e. The van der Waals surface area contributed by atoms with Crippen molar-refractivity contribution in [2.24, 2.45) is 0 Å². The molecule has 2 amide bonds. The number of benzene rings is 3. The van der Waals surface area contributed by atoms with Crippen LogP contribution in [-0.4, -0.2) is 16.0 Å². The van der Waals surface area contributed by atoms with Crippen LogP contribution in [0, 0.1) is 6.92 Å². The van der Waals surface area contributed by atoms with Crippen molar-refractivity contribution >= 4 is 40.6 Å². The molecule has 4 nitrogen and oxygen atoms in total. The summed E-state index contributed by atoms with van der Waals surface area (Å²) in [6, 6.07) is 22.8. The Morgan fingerprint density at radius 1 is 0.968 bits per heavy atom. The van der Waals surface area contributed by atoms with Gasteiger partial charge >= 0.3 is 0 Å². The zero-order valence-electron chi connectivity index (χ0n) is 16.9. The third-order valence-electron chi connectivity index (χ3n) is 4.81. The van der Waals surface area contributed by atoms with E-state index in [-0.39, 0.29) is 17.7 Å². The molecular weight excluding hydrogens is 430 g/mol. The lowest BCUT2D eigenvalue weighted by atomic mass is 10.1. The zero-order valence-corrected chi connectivity index (χ0v) is 18.5. The Hall–Kier alpha value is -3.02. The lowest BCUT2D eigenvalue weighted by molar-refractivity contribution is -0.123. The maximum absolute atomic E-state index is 12.8. The minimum Gasteiger partial charge on any atom is -0.489 e. The van der Waals surface area contributed by atoms with Crippen LogP contribution in [0.1, 0.15) is 22.3 Å². The van der Waals surface area contributed by atoms with E-state index < -0.39 is 0 Å². The van der Waals surface area contributed by atoms with Gasteiger partial charge in [0.25, 0.3) is 11.1 Å². The van der Waals surface area contributed by atoms with Crippen LogP contribution in [-0.2, 0) is 17.9 Å². The van der Waals surface area contributed by atoms with Crippen molar-refractivity contribution in [1.82, 2.24) is 4.90 Å². The average Bonchev–Trinajstić information content (AvgIpc) is 3.02. The quantitative estimate of drug-likeness (QED) is 0.405. The van der Waals surface area contributed by atoms with Crippen LogP contribution in [0.3, 0.4) is 0 Å². The van der Waals surface area contributed by atoms with E-state index >= 15 is 0 Å². The first-order chi connectivity index (χ1) is 15.0. The fraction of sp³-hybridized carbons (Fsp3) is 0.120. The van der Waals surface area contributed by atoms with Crippen molar-refractivity contribution in [2.45, 2.75) is 20.1 Å². The van der Waals surface area contributed by atoms with Crippen molar-refractivity contribution in [2.75, 3.05) is 0 Å². The number of amides is 2. The molecule has 0 aliphatic carbocycles. The highest BCUT2D eigenvalue weighted by Crippen LogP contribution is 2.33. The Morgan fingerprint density at radius 2 is 1.68 bits per heavy atom. The number of hydrogen-bond donors (Lipinski definition) is 0.